The van der Waals surface area contributed by atoms with E-state index in [9.17, 15) is 4.79 Å². The average Bonchev–Trinajstić information content (AvgIpc) is 2.76. The summed E-state index contributed by atoms with van der Waals surface area (Å²) in [5.74, 6) is -0.0739. The molecule has 156 valence electrons. The standard InChI is InChI=1S/C25H34N2O2/c1-2-3-4-11-18-29-25(28)24-21-26(19-22-12-7-5-8-13-22)16-17-27(24)20-23-14-9-6-10-15-23/h5-10,12-15,24H,2-4,11,16-21H2,1H3. The van der Waals surface area contributed by atoms with Crippen molar-refractivity contribution in [2.75, 3.05) is 26.2 Å². The van der Waals surface area contributed by atoms with Gasteiger partial charge in [0.25, 0.3) is 0 Å². The van der Waals surface area contributed by atoms with Gasteiger partial charge in [-0.1, -0.05) is 86.8 Å². The molecule has 0 amide bonds. The molecule has 2 aromatic carbocycles. The number of benzene rings is 2. The first-order valence-electron chi connectivity index (χ1n) is 11.0. The van der Waals surface area contributed by atoms with E-state index in [0.29, 0.717) is 6.61 Å². The second kappa shape index (κ2) is 11.7. The highest BCUT2D eigenvalue weighted by molar-refractivity contribution is 5.76. The molecule has 1 aliphatic rings. The van der Waals surface area contributed by atoms with E-state index in [-0.39, 0.29) is 12.0 Å². The second-order valence-corrected chi connectivity index (χ2v) is 7.92. The topological polar surface area (TPSA) is 32.8 Å². The molecule has 1 heterocycles. The summed E-state index contributed by atoms with van der Waals surface area (Å²) in [6.07, 6.45) is 4.48. The molecule has 1 fully saturated rings. The Morgan fingerprint density at radius 2 is 1.55 bits per heavy atom. The Morgan fingerprint density at radius 3 is 2.21 bits per heavy atom. The van der Waals surface area contributed by atoms with Crippen LogP contribution in [0.25, 0.3) is 0 Å². The summed E-state index contributed by atoms with van der Waals surface area (Å²) in [7, 11) is 0. The zero-order valence-electron chi connectivity index (χ0n) is 17.6. The number of carbonyl (C=O) groups is 1. The summed E-state index contributed by atoms with van der Waals surface area (Å²) in [6.45, 7) is 6.94. The maximum Gasteiger partial charge on any atom is 0.324 e. The van der Waals surface area contributed by atoms with Gasteiger partial charge in [-0.2, -0.15) is 0 Å². The number of carbonyl (C=O) groups excluding carboxylic acids is 1. The molecule has 1 saturated heterocycles. The monoisotopic (exact) mass is 394 g/mol. The number of rotatable bonds is 10. The number of nitrogens with zero attached hydrogens (tertiary/aromatic N) is 2. The van der Waals surface area contributed by atoms with Crippen molar-refractivity contribution in [2.24, 2.45) is 0 Å². The molecule has 0 bridgehead atoms. The summed E-state index contributed by atoms with van der Waals surface area (Å²) in [5, 5.41) is 0. The Hall–Kier alpha value is -2.17. The van der Waals surface area contributed by atoms with Gasteiger partial charge >= 0.3 is 5.97 Å². The molecule has 0 aliphatic carbocycles. The van der Waals surface area contributed by atoms with Gasteiger partial charge in [-0.15, -0.1) is 0 Å². The highest BCUT2D eigenvalue weighted by Gasteiger charge is 2.33. The molecule has 2 aromatic rings. The Bertz CT molecular complexity index is 720. The Balaban J connectivity index is 1.61. The van der Waals surface area contributed by atoms with Crippen molar-refractivity contribution < 1.29 is 9.53 Å². The molecular formula is C25H34N2O2. The minimum atomic E-state index is -0.209. The number of piperazine rings is 1. The number of ether oxygens (including phenoxy) is 1. The quantitative estimate of drug-likeness (QED) is 0.439. The lowest BCUT2D eigenvalue weighted by atomic mass is 10.1. The highest BCUT2D eigenvalue weighted by atomic mass is 16.5. The number of unbranched alkanes of at least 4 members (excludes halogenated alkanes) is 3. The third kappa shape index (κ3) is 6.98. The van der Waals surface area contributed by atoms with E-state index in [1.807, 2.05) is 12.1 Å². The minimum Gasteiger partial charge on any atom is -0.464 e. The van der Waals surface area contributed by atoms with E-state index < -0.39 is 0 Å². The normalized spacial score (nSPS) is 17.9. The number of esters is 1. The van der Waals surface area contributed by atoms with Crippen LogP contribution >= 0.6 is 0 Å². The van der Waals surface area contributed by atoms with Crippen LogP contribution in [0.4, 0.5) is 0 Å². The third-order valence-corrected chi connectivity index (χ3v) is 5.57. The maximum absolute atomic E-state index is 12.9. The Kier molecular flexibility index (Phi) is 8.72. The van der Waals surface area contributed by atoms with Crippen LogP contribution in [-0.2, 0) is 22.6 Å². The largest absolute Gasteiger partial charge is 0.464 e. The maximum atomic E-state index is 12.9. The third-order valence-electron chi connectivity index (χ3n) is 5.57. The average molecular weight is 395 g/mol. The van der Waals surface area contributed by atoms with Gasteiger partial charge in [0.05, 0.1) is 6.61 Å². The molecule has 0 aromatic heterocycles. The summed E-state index contributed by atoms with van der Waals surface area (Å²) in [4.78, 5) is 17.6. The Morgan fingerprint density at radius 1 is 0.897 bits per heavy atom. The minimum absolute atomic E-state index is 0.0739. The fraction of sp³-hybridized carbons (Fsp3) is 0.480. The molecule has 4 heteroatoms. The molecule has 1 unspecified atom stereocenters. The van der Waals surface area contributed by atoms with Crippen LogP contribution in [0.5, 0.6) is 0 Å². The lowest BCUT2D eigenvalue weighted by molar-refractivity contribution is -0.153. The lowest BCUT2D eigenvalue weighted by Crippen LogP contribution is -2.56. The summed E-state index contributed by atoms with van der Waals surface area (Å²) in [5.41, 5.74) is 2.53. The number of hydrogen-bond acceptors (Lipinski definition) is 4. The molecule has 4 nitrogen and oxygen atoms in total. The zero-order valence-corrected chi connectivity index (χ0v) is 17.6. The van der Waals surface area contributed by atoms with E-state index >= 15 is 0 Å². The lowest BCUT2D eigenvalue weighted by Gasteiger charge is -2.40. The highest BCUT2D eigenvalue weighted by Crippen LogP contribution is 2.18. The van der Waals surface area contributed by atoms with Crippen molar-refractivity contribution >= 4 is 5.97 Å². The van der Waals surface area contributed by atoms with Gasteiger partial charge in [-0.05, 0) is 17.5 Å². The molecule has 1 aliphatic heterocycles. The SMILES string of the molecule is CCCCCCOC(=O)C1CN(Cc2ccccc2)CCN1Cc1ccccc1. The van der Waals surface area contributed by atoms with Crippen molar-refractivity contribution in [1.82, 2.24) is 9.80 Å². The van der Waals surface area contributed by atoms with E-state index in [1.165, 1.54) is 24.0 Å². The first kappa shape index (κ1) is 21.5. The second-order valence-electron chi connectivity index (χ2n) is 7.92. The van der Waals surface area contributed by atoms with Crippen LogP contribution in [0.2, 0.25) is 0 Å². The van der Waals surface area contributed by atoms with Crippen LogP contribution in [-0.4, -0.2) is 48.1 Å². The molecule has 3 rings (SSSR count). The van der Waals surface area contributed by atoms with E-state index in [0.717, 1.165) is 45.6 Å². The zero-order chi connectivity index (χ0) is 20.3. The van der Waals surface area contributed by atoms with Gasteiger partial charge in [0.15, 0.2) is 0 Å². The molecule has 0 N–H and O–H groups in total. The van der Waals surface area contributed by atoms with Gasteiger partial charge in [-0.3, -0.25) is 14.6 Å². The van der Waals surface area contributed by atoms with Crippen molar-refractivity contribution in [3.05, 3.63) is 71.8 Å². The van der Waals surface area contributed by atoms with Gasteiger partial charge in [0.1, 0.15) is 6.04 Å². The Labute approximate surface area is 175 Å². The van der Waals surface area contributed by atoms with Crippen LogP contribution in [0.1, 0.15) is 43.7 Å². The summed E-state index contributed by atoms with van der Waals surface area (Å²) in [6, 6.07) is 20.7. The van der Waals surface area contributed by atoms with Crippen LogP contribution in [0, 0.1) is 0 Å². The fourth-order valence-corrected chi connectivity index (χ4v) is 3.89. The summed E-state index contributed by atoms with van der Waals surface area (Å²) < 4.78 is 5.69. The first-order valence-corrected chi connectivity index (χ1v) is 11.0. The van der Waals surface area contributed by atoms with Crippen molar-refractivity contribution in [3.8, 4) is 0 Å². The van der Waals surface area contributed by atoms with Gasteiger partial charge in [0.2, 0.25) is 0 Å². The van der Waals surface area contributed by atoms with Crippen molar-refractivity contribution in [3.63, 3.8) is 0 Å². The van der Waals surface area contributed by atoms with E-state index in [4.69, 9.17) is 4.74 Å². The molecule has 0 saturated carbocycles. The van der Waals surface area contributed by atoms with Gasteiger partial charge in [-0.25, -0.2) is 0 Å². The molecular weight excluding hydrogens is 360 g/mol. The van der Waals surface area contributed by atoms with Gasteiger partial charge in [0, 0.05) is 32.7 Å². The van der Waals surface area contributed by atoms with Crippen molar-refractivity contribution in [1.29, 1.82) is 0 Å². The van der Waals surface area contributed by atoms with Crippen LogP contribution in [0.3, 0.4) is 0 Å². The number of hydrogen-bond donors (Lipinski definition) is 0. The molecule has 0 radical (unpaired) electrons. The molecule has 0 spiro atoms. The van der Waals surface area contributed by atoms with Gasteiger partial charge < -0.3 is 4.74 Å². The van der Waals surface area contributed by atoms with E-state index in [2.05, 4.69) is 65.3 Å². The molecule has 29 heavy (non-hydrogen) atoms. The molecule has 1 atom stereocenters. The summed E-state index contributed by atoms with van der Waals surface area (Å²) >= 11 is 0. The predicted octanol–water partition coefficient (Wildman–Crippen LogP) is 4.50. The van der Waals surface area contributed by atoms with Crippen LogP contribution in [0.15, 0.2) is 60.7 Å². The first-order chi connectivity index (χ1) is 14.3. The van der Waals surface area contributed by atoms with Crippen LogP contribution < -0.4 is 0 Å². The fourth-order valence-electron chi connectivity index (χ4n) is 3.89. The van der Waals surface area contributed by atoms with Crippen molar-refractivity contribution in [2.45, 2.75) is 51.7 Å². The predicted molar refractivity (Wildman–Crippen MR) is 117 cm³/mol. The smallest absolute Gasteiger partial charge is 0.324 e. The van der Waals surface area contributed by atoms with E-state index in [1.54, 1.807) is 0 Å².